The van der Waals surface area contributed by atoms with E-state index in [1.165, 1.54) is 74.5 Å². The summed E-state index contributed by atoms with van der Waals surface area (Å²) < 4.78 is 0. The number of hydrogen-bond donors (Lipinski definition) is 0. The van der Waals surface area contributed by atoms with E-state index in [0.29, 0.717) is 0 Å². The molecule has 0 atom stereocenters. The van der Waals surface area contributed by atoms with Crippen molar-refractivity contribution in [3.05, 3.63) is 36.4 Å². The van der Waals surface area contributed by atoms with Gasteiger partial charge in [-0.05, 0) is 25.2 Å². The fraction of sp³-hybridized carbons (Fsp3) is 0.571. The van der Waals surface area contributed by atoms with Crippen LogP contribution in [0.2, 0.25) is 0 Å². The van der Waals surface area contributed by atoms with Crippen LogP contribution in [-0.2, 0) is 21.7 Å². The fourth-order valence-electron chi connectivity index (χ4n) is 3.15. The summed E-state index contributed by atoms with van der Waals surface area (Å²) in [4.78, 5) is 0. The maximum atomic E-state index is 2.47. The molecule has 2 heteroatoms. The van der Waals surface area contributed by atoms with Gasteiger partial charge in [-0.2, -0.15) is 6.07 Å². The smallest absolute Gasteiger partial charge is 0 e. The molecule has 0 saturated heterocycles. The summed E-state index contributed by atoms with van der Waals surface area (Å²) in [5, 5.41) is 4.53. The van der Waals surface area contributed by atoms with Crippen molar-refractivity contribution in [2.75, 3.05) is 12.3 Å². The molecule has 2 aromatic carbocycles. The van der Waals surface area contributed by atoms with Gasteiger partial charge in [-0.3, -0.25) is 0 Å². The Morgan fingerprint density at radius 1 is 0.826 bits per heavy atom. The Labute approximate surface area is 159 Å². The van der Waals surface area contributed by atoms with Gasteiger partial charge in [-0.25, -0.2) is 0 Å². The first-order valence-corrected chi connectivity index (χ1v) is 11.0. The first kappa shape index (κ1) is 21.0. The number of unbranched alkanes of at least 4 members (excludes halogenated alkanes) is 6. The van der Waals surface area contributed by atoms with E-state index in [2.05, 4.69) is 50.2 Å². The van der Waals surface area contributed by atoms with Gasteiger partial charge in [0.2, 0.25) is 0 Å². The second-order valence-corrected chi connectivity index (χ2v) is 8.94. The summed E-state index contributed by atoms with van der Waals surface area (Å²) in [6.07, 6.45) is 14.1. The van der Waals surface area contributed by atoms with Crippen LogP contribution >= 0.6 is 7.92 Å². The van der Waals surface area contributed by atoms with Crippen molar-refractivity contribution >= 4 is 24.0 Å². The molecule has 0 fully saturated rings. The van der Waals surface area contributed by atoms with Crippen molar-refractivity contribution in [2.24, 2.45) is 0 Å². The van der Waals surface area contributed by atoms with Gasteiger partial charge in [0.25, 0.3) is 0 Å². The number of benzene rings is 1. The molecule has 2 rings (SSSR count). The van der Waals surface area contributed by atoms with Crippen molar-refractivity contribution in [1.29, 1.82) is 0 Å². The zero-order valence-electron chi connectivity index (χ0n) is 15.0. The summed E-state index contributed by atoms with van der Waals surface area (Å²) >= 11 is 0. The minimum atomic E-state index is 0. The molecule has 0 aliphatic rings. The van der Waals surface area contributed by atoms with Crippen LogP contribution in [0.4, 0.5) is 0 Å². The standard InChI is InChI=1S/C21H32P.Ti/c1-3-5-7-11-15-22(16-12-8-6-4-2)21-17-19-13-9-10-14-20(19)18-21;/h9-10,13-14,17-18H,3-8,11-12,15-16H2,1-2H3;/q-1;. The van der Waals surface area contributed by atoms with Gasteiger partial charge in [0.15, 0.2) is 0 Å². The van der Waals surface area contributed by atoms with E-state index >= 15 is 0 Å². The summed E-state index contributed by atoms with van der Waals surface area (Å²) in [6.45, 7) is 4.61. The average Bonchev–Trinajstić information content (AvgIpc) is 2.97. The molecule has 0 radical (unpaired) electrons. The minimum absolute atomic E-state index is 0. The van der Waals surface area contributed by atoms with Gasteiger partial charge in [0.05, 0.1) is 0 Å². The van der Waals surface area contributed by atoms with Crippen LogP contribution in [-0.4, -0.2) is 12.3 Å². The zero-order chi connectivity index (χ0) is 15.6. The molecule has 0 aliphatic carbocycles. The summed E-state index contributed by atoms with van der Waals surface area (Å²) in [5.41, 5.74) is 0. The van der Waals surface area contributed by atoms with E-state index in [0.717, 1.165) is 0 Å². The first-order valence-electron chi connectivity index (χ1n) is 9.25. The Morgan fingerprint density at radius 2 is 1.43 bits per heavy atom. The second-order valence-electron chi connectivity index (χ2n) is 6.45. The molecule has 0 spiro atoms. The average molecular weight is 363 g/mol. The Morgan fingerprint density at radius 3 is 2.00 bits per heavy atom. The Balaban J connectivity index is 0.00000264. The van der Waals surface area contributed by atoms with E-state index in [4.69, 9.17) is 0 Å². The van der Waals surface area contributed by atoms with Crippen molar-refractivity contribution < 1.29 is 21.7 Å². The van der Waals surface area contributed by atoms with E-state index in [-0.39, 0.29) is 29.6 Å². The van der Waals surface area contributed by atoms with E-state index in [1.54, 1.807) is 5.30 Å². The van der Waals surface area contributed by atoms with Gasteiger partial charge in [-0.1, -0.05) is 66.4 Å². The normalized spacial score (nSPS) is 11.1. The number of hydrogen-bond acceptors (Lipinski definition) is 0. The molecule has 0 N–H and O–H groups in total. The van der Waals surface area contributed by atoms with Crippen LogP contribution in [0.15, 0.2) is 36.4 Å². The van der Waals surface area contributed by atoms with Gasteiger partial charge in [0, 0.05) is 21.7 Å². The molecule has 2 aromatic rings. The molecular weight excluding hydrogens is 331 g/mol. The zero-order valence-corrected chi connectivity index (χ0v) is 17.4. The molecule has 0 aliphatic heterocycles. The molecular formula is C21H32PTi-. The van der Waals surface area contributed by atoms with Crippen LogP contribution in [0.3, 0.4) is 0 Å². The maximum Gasteiger partial charge on any atom is 0 e. The van der Waals surface area contributed by atoms with Crippen LogP contribution in [0, 0.1) is 0 Å². The van der Waals surface area contributed by atoms with E-state index in [1.807, 2.05) is 0 Å². The molecule has 0 nitrogen and oxygen atoms in total. The van der Waals surface area contributed by atoms with E-state index in [9.17, 15) is 0 Å². The second kappa shape index (κ2) is 12.4. The molecule has 126 valence electrons. The molecule has 0 aromatic heterocycles. The predicted octanol–water partition coefficient (Wildman–Crippen LogP) is 6.82. The SMILES string of the molecule is CCCCCCP(CCCCCC)c1cc2ccccc2[cH-]1.[Ti]. The van der Waals surface area contributed by atoms with Gasteiger partial charge in [-0.15, -0.1) is 40.3 Å². The maximum absolute atomic E-state index is 2.47. The molecule has 23 heavy (non-hydrogen) atoms. The van der Waals surface area contributed by atoms with Gasteiger partial charge in [0.1, 0.15) is 0 Å². The van der Waals surface area contributed by atoms with Crippen molar-refractivity contribution in [2.45, 2.75) is 65.2 Å². The van der Waals surface area contributed by atoms with Crippen molar-refractivity contribution in [1.82, 2.24) is 0 Å². The summed E-state index contributed by atoms with van der Waals surface area (Å²) in [6, 6.07) is 13.8. The minimum Gasteiger partial charge on any atom is -0.161 e. The quantitative estimate of drug-likeness (QED) is 0.178. The third kappa shape index (κ3) is 7.17. The van der Waals surface area contributed by atoms with Crippen LogP contribution < -0.4 is 5.30 Å². The molecule has 0 saturated carbocycles. The van der Waals surface area contributed by atoms with Crippen LogP contribution in [0.5, 0.6) is 0 Å². The van der Waals surface area contributed by atoms with Crippen molar-refractivity contribution in [3.8, 4) is 0 Å². The van der Waals surface area contributed by atoms with Gasteiger partial charge < -0.3 is 0 Å². The Kier molecular flexibility index (Phi) is 11.3. The van der Waals surface area contributed by atoms with Gasteiger partial charge >= 0.3 is 0 Å². The van der Waals surface area contributed by atoms with Crippen LogP contribution in [0.1, 0.15) is 65.2 Å². The topological polar surface area (TPSA) is 0 Å². The summed E-state index contributed by atoms with van der Waals surface area (Å²) in [7, 11) is 0.0642. The molecule has 0 bridgehead atoms. The predicted molar refractivity (Wildman–Crippen MR) is 104 cm³/mol. The first-order chi connectivity index (χ1) is 10.8. The van der Waals surface area contributed by atoms with Crippen molar-refractivity contribution in [3.63, 3.8) is 0 Å². The third-order valence-corrected chi connectivity index (χ3v) is 7.23. The van der Waals surface area contributed by atoms with E-state index < -0.39 is 0 Å². The summed E-state index contributed by atoms with van der Waals surface area (Å²) in [5.74, 6) is 0. The molecule has 0 heterocycles. The third-order valence-electron chi connectivity index (χ3n) is 4.53. The Bertz CT molecular complexity index is 486. The Hall–Kier alpha value is -0.0257. The largest absolute Gasteiger partial charge is 0.161 e. The monoisotopic (exact) mass is 363 g/mol. The number of rotatable bonds is 11. The molecule has 0 amide bonds. The molecule has 0 unspecified atom stereocenters. The van der Waals surface area contributed by atoms with Crippen LogP contribution in [0.25, 0.3) is 10.8 Å². The fourth-order valence-corrected chi connectivity index (χ4v) is 5.74. The number of fused-ring (bicyclic) bond motifs is 1.